The van der Waals surface area contributed by atoms with Crippen molar-refractivity contribution in [2.45, 2.75) is 19.8 Å². The second-order valence-electron chi connectivity index (χ2n) is 5.27. The standard InChI is InChI=1S/C15H25N3/c1-13-4-2-3-5-15(13)17-12-14-6-9-18(10-7-14)11-8-16/h2-5,14,17H,6-12,16H2,1H3. The van der Waals surface area contributed by atoms with Crippen molar-refractivity contribution in [2.24, 2.45) is 11.7 Å². The Bertz CT molecular complexity index is 357. The van der Waals surface area contributed by atoms with Crippen LogP contribution < -0.4 is 11.1 Å². The van der Waals surface area contributed by atoms with Crippen molar-refractivity contribution in [3.05, 3.63) is 29.8 Å². The molecule has 1 fully saturated rings. The van der Waals surface area contributed by atoms with Crippen molar-refractivity contribution in [3.8, 4) is 0 Å². The summed E-state index contributed by atoms with van der Waals surface area (Å²) in [6.45, 7) is 7.51. The Kier molecular flexibility index (Phi) is 5.02. The molecule has 1 heterocycles. The molecule has 1 aromatic rings. The van der Waals surface area contributed by atoms with E-state index in [-0.39, 0.29) is 0 Å². The maximum Gasteiger partial charge on any atom is 0.0369 e. The minimum Gasteiger partial charge on any atom is -0.385 e. The van der Waals surface area contributed by atoms with Crippen molar-refractivity contribution in [3.63, 3.8) is 0 Å². The summed E-state index contributed by atoms with van der Waals surface area (Å²) in [6, 6.07) is 8.51. The highest BCUT2D eigenvalue weighted by Crippen LogP contribution is 2.19. The third-order valence-electron chi connectivity index (χ3n) is 3.88. The largest absolute Gasteiger partial charge is 0.385 e. The Morgan fingerprint density at radius 2 is 2.00 bits per heavy atom. The van der Waals surface area contributed by atoms with Crippen molar-refractivity contribution in [1.82, 2.24) is 4.90 Å². The maximum absolute atomic E-state index is 5.59. The van der Waals surface area contributed by atoms with Crippen LogP contribution in [-0.4, -0.2) is 37.6 Å². The van der Waals surface area contributed by atoms with Gasteiger partial charge in [-0.25, -0.2) is 0 Å². The minimum atomic E-state index is 0.784. The molecule has 1 aliphatic rings. The van der Waals surface area contributed by atoms with Gasteiger partial charge < -0.3 is 16.0 Å². The zero-order chi connectivity index (χ0) is 12.8. The first kappa shape index (κ1) is 13.4. The highest BCUT2D eigenvalue weighted by molar-refractivity contribution is 5.50. The molecule has 0 aromatic heterocycles. The lowest BCUT2D eigenvalue weighted by Crippen LogP contribution is -2.38. The van der Waals surface area contributed by atoms with Crippen LogP contribution in [0, 0.1) is 12.8 Å². The van der Waals surface area contributed by atoms with Gasteiger partial charge in [-0.1, -0.05) is 18.2 Å². The fourth-order valence-electron chi connectivity index (χ4n) is 2.62. The Morgan fingerprint density at radius 1 is 1.28 bits per heavy atom. The molecule has 0 spiro atoms. The van der Waals surface area contributed by atoms with E-state index in [0.29, 0.717) is 0 Å². The minimum absolute atomic E-state index is 0.784. The molecule has 1 aromatic carbocycles. The van der Waals surface area contributed by atoms with Gasteiger partial charge in [0, 0.05) is 25.3 Å². The van der Waals surface area contributed by atoms with Crippen molar-refractivity contribution in [1.29, 1.82) is 0 Å². The molecule has 1 saturated heterocycles. The topological polar surface area (TPSA) is 41.3 Å². The van der Waals surface area contributed by atoms with Gasteiger partial charge in [-0.05, 0) is 50.4 Å². The molecule has 2 rings (SSSR count). The van der Waals surface area contributed by atoms with E-state index >= 15 is 0 Å². The van der Waals surface area contributed by atoms with Crippen LogP contribution in [0.5, 0.6) is 0 Å². The lowest BCUT2D eigenvalue weighted by atomic mass is 9.96. The lowest BCUT2D eigenvalue weighted by Gasteiger charge is -2.31. The highest BCUT2D eigenvalue weighted by Gasteiger charge is 2.18. The average molecular weight is 247 g/mol. The predicted molar refractivity (Wildman–Crippen MR) is 77.9 cm³/mol. The number of nitrogens with zero attached hydrogens (tertiary/aromatic N) is 1. The first-order chi connectivity index (χ1) is 8.79. The van der Waals surface area contributed by atoms with E-state index in [4.69, 9.17) is 5.73 Å². The zero-order valence-electron chi connectivity index (χ0n) is 11.4. The van der Waals surface area contributed by atoms with E-state index in [0.717, 1.165) is 25.6 Å². The number of hydrogen-bond donors (Lipinski definition) is 2. The number of aryl methyl sites for hydroxylation is 1. The third kappa shape index (κ3) is 3.72. The van der Waals surface area contributed by atoms with Crippen LogP contribution in [-0.2, 0) is 0 Å². The molecular formula is C15H25N3. The number of nitrogens with one attached hydrogen (secondary N) is 1. The Morgan fingerprint density at radius 3 is 2.67 bits per heavy atom. The number of benzene rings is 1. The summed E-state index contributed by atoms with van der Waals surface area (Å²) in [5.41, 5.74) is 8.20. The van der Waals surface area contributed by atoms with Gasteiger partial charge in [0.05, 0.1) is 0 Å². The molecule has 0 amide bonds. The highest BCUT2D eigenvalue weighted by atomic mass is 15.1. The summed E-state index contributed by atoms with van der Waals surface area (Å²) in [6.07, 6.45) is 2.58. The lowest BCUT2D eigenvalue weighted by molar-refractivity contribution is 0.194. The van der Waals surface area contributed by atoms with Crippen molar-refractivity contribution in [2.75, 3.05) is 38.0 Å². The van der Waals surface area contributed by atoms with Crippen LogP contribution in [0.25, 0.3) is 0 Å². The Hall–Kier alpha value is -1.06. The molecule has 0 atom stereocenters. The number of rotatable bonds is 5. The summed E-state index contributed by atoms with van der Waals surface area (Å²) < 4.78 is 0. The number of likely N-dealkylation sites (tertiary alicyclic amines) is 1. The fourth-order valence-corrected chi connectivity index (χ4v) is 2.62. The number of para-hydroxylation sites is 1. The van der Waals surface area contributed by atoms with Gasteiger partial charge in [0.2, 0.25) is 0 Å². The van der Waals surface area contributed by atoms with Gasteiger partial charge in [-0.2, -0.15) is 0 Å². The molecule has 0 bridgehead atoms. The van der Waals surface area contributed by atoms with E-state index in [2.05, 4.69) is 41.4 Å². The van der Waals surface area contributed by atoms with Crippen LogP contribution in [0.15, 0.2) is 24.3 Å². The van der Waals surface area contributed by atoms with E-state index in [1.807, 2.05) is 0 Å². The van der Waals surface area contributed by atoms with Crippen LogP contribution >= 0.6 is 0 Å². The summed E-state index contributed by atoms with van der Waals surface area (Å²) in [5.74, 6) is 0.804. The van der Waals surface area contributed by atoms with Gasteiger partial charge in [0.15, 0.2) is 0 Å². The molecule has 3 heteroatoms. The molecule has 0 unspecified atom stereocenters. The van der Waals surface area contributed by atoms with Gasteiger partial charge >= 0.3 is 0 Å². The van der Waals surface area contributed by atoms with Gasteiger partial charge in [-0.3, -0.25) is 0 Å². The van der Waals surface area contributed by atoms with Crippen LogP contribution in [0.3, 0.4) is 0 Å². The quantitative estimate of drug-likeness (QED) is 0.837. The van der Waals surface area contributed by atoms with E-state index in [9.17, 15) is 0 Å². The number of hydrogen-bond acceptors (Lipinski definition) is 3. The molecule has 1 aliphatic heterocycles. The molecule has 3 N–H and O–H groups in total. The molecule has 18 heavy (non-hydrogen) atoms. The molecular weight excluding hydrogens is 222 g/mol. The summed E-state index contributed by atoms with van der Waals surface area (Å²) >= 11 is 0. The van der Waals surface area contributed by atoms with Gasteiger partial charge in [0.25, 0.3) is 0 Å². The van der Waals surface area contributed by atoms with Gasteiger partial charge in [-0.15, -0.1) is 0 Å². The van der Waals surface area contributed by atoms with E-state index < -0.39 is 0 Å². The molecule has 3 nitrogen and oxygen atoms in total. The fraction of sp³-hybridized carbons (Fsp3) is 0.600. The molecule has 0 aliphatic carbocycles. The maximum atomic E-state index is 5.59. The smallest absolute Gasteiger partial charge is 0.0369 e. The number of piperidine rings is 1. The van der Waals surface area contributed by atoms with Crippen molar-refractivity contribution < 1.29 is 0 Å². The van der Waals surface area contributed by atoms with E-state index in [1.54, 1.807) is 0 Å². The van der Waals surface area contributed by atoms with Crippen LogP contribution in [0.4, 0.5) is 5.69 Å². The van der Waals surface area contributed by atoms with E-state index in [1.165, 1.54) is 37.2 Å². The van der Waals surface area contributed by atoms with Crippen molar-refractivity contribution >= 4 is 5.69 Å². The number of anilines is 1. The summed E-state index contributed by atoms with van der Waals surface area (Å²) in [5, 5.41) is 3.59. The normalized spacial score (nSPS) is 17.9. The second kappa shape index (κ2) is 6.76. The summed E-state index contributed by atoms with van der Waals surface area (Å²) in [7, 11) is 0. The second-order valence-corrected chi connectivity index (χ2v) is 5.27. The Labute approximate surface area is 110 Å². The first-order valence-corrected chi connectivity index (χ1v) is 7.01. The predicted octanol–water partition coefficient (Wildman–Crippen LogP) is 2.08. The Balaban J connectivity index is 1.74. The van der Waals surface area contributed by atoms with Crippen LogP contribution in [0.2, 0.25) is 0 Å². The number of nitrogens with two attached hydrogens (primary N) is 1. The monoisotopic (exact) mass is 247 g/mol. The molecule has 100 valence electrons. The average Bonchev–Trinajstić information content (AvgIpc) is 2.40. The SMILES string of the molecule is Cc1ccccc1NCC1CCN(CCN)CC1. The van der Waals surface area contributed by atoms with Crippen LogP contribution in [0.1, 0.15) is 18.4 Å². The van der Waals surface area contributed by atoms with Gasteiger partial charge in [0.1, 0.15) is 0 Å². The molecule has 0 saturated carbocycles. The summed E-state index contributed by atoms with van der Waals surface area (Å²) in [4.78, 5) is 2.48. The first-order valence-electron chi connectivity index (χ1n) is 7.01. The molecule has 0 radical (unpaired) electrons. The zero-order valence-corrected chi connectivity index (χ0v) is 11.4. The third-order valence-corrected chi connectivity index (χ3v) is 3.88.